The fraction of sp³-hybridized carbons (Fsp3) is 1.00. The molecule has 0 aromatic heterocycles. The lowest BCUT2D eigenvalue weighted by Gasteiger charge is -2.27. The van der Waals surface area contributed by atoms with E-state index < -0.39 is 12.6 Å². The fourth-order valence-corrected chi connectivity index (χ4v) is 0.742. The molecule has 0 aliphatic rings. The van der Waals surface area contributed by atoms with Crippen LogP contribution in [0.3, 0.4) is 0 Å². The van der Waals surface area contributed by atoms with Crippen molar-refractivity contribution in [3.05, 3.63) is 0 Å². The predicted octanol–water partition coefficient (Wildman–Crippen LogP) is 0.790. The van der Waals surface area contributed by atoms with Crippen molar-refractivity contribution in [2.75, 3.05) is 26.9 Å². The Balaban J connectivity index is 3.96. The van der Waals surface area contributed by atoms with Crippen LogP contribution in [0.25, 0.3) is 0 Å². The third-order valence-electron chi connectivity index (χ3n) is 1.22. The highest BCUT2D eigenvalue weighted by molar-refractivity contribution is 4.51. The predicted molar refractivity (Wildman–Crippen MR) is 38.5 cm³/mol. The van der Waals surface area contributed by atoms with Crippen molar-refractivity contribution in [2.24, 2.45) is 0 Å². The van der Waals surface area contributed by atoms with Crippen LogP contribution < -0.4 is 0 Å². The minimum Gasteiger partial charge on any atom is -0.329 e. The Bertz CT molecular complexity index is 82.4. The highest BCUT2D eigenvalue weighted by Gasteiger charge is 2.31. The van der Waals surface area contributed by atoms with Gasteiger partial charge in [-0.3, -0.25) is 0 Å². The topological polar surface area (TPSA) is 47.6 Å². The molecule has 0 aliphatic carbocycles. The lowest BCUT2D eigenvalue weighted by atomic mass is 10.5. The molecule has 0 aromatic rings. The summed E-state index contributed by atoms with van der Waals surface area (Å²) in [7, 11) is 1.39. The van der Waals surface area contributed by atoms with E-state index in [1.54, 1.807) is 13.8 Å². The third kappa shape index (κ3) is 3.16. The molecule has 0 rings (SSSR count). The Morgan fingerprint density at radius 1 is 1.18 bits per heavy atom. The van der Waals surface area contributed by atoms with Gasteiger partial charge in [-0.15, -0.1) is 0 Å². The summed E-state index contributed by atoms with van der Waals surface area (Å²) in [6.45, 7) is 3.81. The molecule has 0 heterocycles. The summed E-state index contributed by atoms with van der Waals surface area (Å²) in [6, 6.07) is 0. The average Bonchev–Trinajstić information content (AvgIpc) is 2.04. The van der Waals surface area contributed by atoms with E-state index in [0.717, 1.165) is 0 Å². The summed E-state index contributed by atoms with van der Waals surface area (Å²) in [5.74, 6) is -1.37. The first kappa shape index (κ1) is 10.8. The van der Waals surface area contributed by atoms with Gasteiger partial charge in [0.25, 0.3) is 0 Å². The highest BCUT2D eigenvalue weighted by Crippen LogP contribution is 2.12. The Labute approximate surface area is 67.1 Å². The van der Waals surface area contributed by atoms with Gasteiger partial charge < -0.3 is 14.2 Å². The van der Waals surface area contributed by atoms with Crippen LogP contribution in [0.15, 0.2) is 0 Å². The molecule has 0 fully saturated rings. The van der Waals surface area contributed by atoms with Crippen LogP contribution in [-0.4, -0.2) is 32.9 Å². The molecule has 0 aliphatic heterocycles. The van der Waals surface area contributed by atoms with Crippen molar-refractivity contribution < 1.29 is 19.3 Å². The second-order valence-electron chi connectivity index (χ2n) is 1.90. The van der Waals surface area contributed by atoms with E-state index in [-0.39, 0.29) is 0 Å². The maximum absolute atomic E-state index is 10.6. The van der Waals surface area contributed by atoms with E-state index in [4.69, 9.17) is 14.2 Å². The van der Waals surface area contributed by atoms with Gasteiger partial charge in [0.2, 0.25) is 0 Å². The second kappa shape index (κ2) is 5.49. The standard InChI is InChI=1S/C7H15O4/c1-4-10-7(6-8,9-3)11-5-2/h4-6H2,1-3H3. The molecule has 0 amide bonds. The maximum atomic E-state index is 10.6. The quantitative estimate of drug-likeness (QED) is 0.544. The van der Waals surface area contributed by atoms with Gasteiger partial charge in [0.05, 0.1) is 0 Å². The molecular formula is C7H15O4. The van der Waals surface area contributed by atoms with Gasteiger partial charge in [-0.25, -0.2) is 5.11 Å². The van der Waals surface area contributed by atoms with Gasteiger partial charge in [-0.2, -0.15) is 0 Å². The summed E-state index contributed by atoms with van der Waals surface area (Å²) < 4.78 is 14.8. The van der Waals surface area contributed by atoms with Crippen molar-refractivity contribution >= 4 is 0 Å². The molecule has 1 radical (unpaired) electrons. The van der Waals surface area contributed by atoms with Crippen molar-refractivity contribution in [3.63, 3.8) is 0 Å². The van der Waals surface area contributed by atoms with E-state index in [1.807, 2.05) is 0 Å². The van der Waals surface area contributed by atoms with Crippen LogP contribution in [0, 0.1) is 0 Å². The lowest BCUT2D eigenvalue weighted by Crippen LogP contribution is -2.41. The molecule has 11 heavy (non-hydrogen) atoms. The van der Waals surface area contributed by atoms with Crippen molar-refractivity contribution in [1.82, 2.24) is 0 Å². The molecule has 0 aromatic carbocycles. The monoisotopic (exact) mass is 163 g/mol. The van der Waals surface area contributed by atoms with Crippen LogP contribution in [-0.2, 0) is 19.3 Å². The molecule has 0 spiro atoms. The molecular weight excluding hydrogens is 148 g/mol. The Hall–Kier alpha value is -0.160. The number of rotatable bonds is 6. The zero-order chi connectivity index (χ0) is 8.74. The van der Waals surface area contributed by atoms with Crippen LogP contribution in [0.5, 0.6) is 0 Å². The highest BCUT2D eigenvalue weighted by atomic mass is 16.9. The van der Waals surface area contributed by atoms with E-state index in [0.29, 0.717) is 13.2 Å². The van der Waals surface area contributed by atoms with Crippen LogP contribution >= 0.6 is 0 Å². The largest absolute Gasteiger partial charge is 0.329 e. The minimum absolute atomic E-state index is 0.399. The molecule has 4 nitrogen and oxygen atoms in total. The lowest BCUT2D eigenvalue weighted by molar-refractivity contribution is -0.385. The van der Waals surface area contributed by atoms with Crippen LogP contribution in [0.1, 0.15) is 13.8 Å². The summed E-state index contributed by atoms with van der Waals surface area (Å²) in [4.78, 5) is 0. The molecule has 0 atom stereocenters. The molecule has 4 heteroatoms. The first-order valence-electron chi connectivity index (χ1n) is 3.65. The fourth-order valence-electron chi connectivity index (χ4n) is 0.742. The number of methoxy groups -OCH3 is 1. The molecule has 0 bridgehead atoms. The van der Waals surface area contributed by atoms with Crippen LogP contribution in [0.2, 0.25) is 0 Å². The summed E-state index contributed by atoms with van der Waals surface area (Å²) in [6.07, 6.45) is 0. The Morgan fingerprint density at radius 2 is 1.64 bits per heavy atom. The second-order valence-corrected chi connectivity index (χ2v) is 1.90. The zero-order valence-corrected chi connectivity index (χ0v) is 7.25. The van der Waals surface area contributed by atoms with E-state index in [2.05, 4.69) is 0 Å². The SMILES string of the molecule is CCOC(C[O])(OC)OCC. The summed E-state index contributed by atoms with van der Waals surface area (Å²) in [5.41, 5.74) is 0. The zero-order valence-electron chi connectivity index (χ0n) is 7.25. The van der Waals surface area contributed by atoms with E-state index in [9.17, 15) is 5.11 Å². The number of ether oxygens (including phenoxy) is 3. The van der Waals surface area contributed by atoms with Gasteiger partial charge in [0, 0.05) is 20.3 Å². The number of hydrogen-bond acceptors (Lipinski definition) is 3. The Morgan fingerprint density at radius 3 is 1.82 bits per heavy atom. The van der Waals surface area contributed by atoms with E-state index >= 15 is 0 Å². The normalized spacial score (nSPS) is 12.0. The smallest absolute Gasteiger partial charge is 0.310 e. The van der Waals surface area contributed by atoms with Gasteiger partial charge in [-0.05, 0) is 13.8 Å². The average molecular weight is 163 g/mol. The van der Waals surface area contributed by atoms with Gasteiger partial charge in [0.15, 0.2) is 6.61 Å². The van der Waals surface area contributed by atoms with Crippen molar-refractivity contribution in [1.29, 1.82) is 0 Å². The Kier molecular flexibility index (Phi) is 5.41. The molecule has 67 valence electrons. The minimum atomic E-state index is -1.37. The van der Waals surface area contributed by atoms with Crippen molar-refractivity contribution in [3.8, 4) is 0 Å². The molecule has 0 unspecified atom stereocenters. The third-order valence-corrected chi connectivity index (χ3v) is 1.22. The van der Waals surface area contributed by atoms with Crippen molar-refractivity contribution in [2.45, 2.75) is 19.8 Å². The summed E-state index contributed by atoms with van der Waals surface area (Å²) in [5, 5.41) is 10.6. The van der Waals surface area contributed by atoms with Gasteiger partial charge >= 0.3 is 5.97 Å². The maximum Gasteiger partial charge on any atom is 0.310 e. The van der Waals surface area contributed by atoms with Gasteiger partial charge in [0.1, 0.15) is 0 Å². The summed E-state index contributed by atoms with van der Waals surface area (Å²) >= 11 is 0. The van der Waals surface area contributed by atoms with Crippen LogP contribution in [0.4, 0.5) is 0 Å². The first-order chi connectivity index (χ1) is 5.24. The first-order valence-corrected chi connectivity index (χ1v) is 3.65. The molecule has 0 N–H and O–H groups in total. The van der Waals surface area contributed by atoms with E-state index in [1.165, 1.54) is 7.11 Å². The number of hydrogen-bond donors (Lipinski definition) is 0. The van der Waals surface area contributed by atoms with Gasteiger partial charge in [-0.1, -0.05) is 0 Å². The molecule has 0 saturated carbocycles. The molecule has 0 saturated heterocycles.